The van der Waals surface area contributed by atoms with Crippen LogP contribution in [0.2, 0.25) is 0 Å². The van der Waals surface area contributed by atoms with E-state index in [-0.39, 0.29) is 12.1 Å². The summed E-state index contributed by atoms with van der Waals surface area (Å²) in [6.45, 7) is 7.00. The lowest BCUT2D eigenvalue weighted by atomic mass is 9.89. The molecule has 0 aromatic carbocycles. The molecule has 0 aromatic rings. The summed E-state index contributed by atoms with van der Waals surface area (Å²) in [7, 11) is 0. The van der Waals surface area contributed by atoms with Crippen LogP contribution in [0.5, 0.6) is 0 Å². The zero-order valence-corrected chi connectivity index (χ0v) is 10.4. The topological polar surface area (TPSA) is 41.1 Å². The van der Waals surface area contributed by atoms with E-state index < -0.39 is 0 Å². The summed E-state index contributed by atoms with van der Waals surface area (Å²) in [6.07, 6.45) is 8.37. The van der Waals surface area contributed by atoms with Gasteiger partial charge in [0.1, 0.15) is 0 Å². The van der Waals surface area contributed by atoms with Crippen molar-refractivity contribution in [3.63, 3.8) is 0 Å². The maximum absolute atomic E-state index is 11.5. The van der Waals surface area contributed by atoms with Crippen LogP contribution in [0.15, 0.2) is 23.8 Å². The van der Waals surface area contributed by atoms with Crippen molar-refractivity contribution < 1.29 is 4.79 Å². The largest absolute Gasteiger partial charge is 0.338 e. The summed E-state index contributed by atoms with van der Waals surface area (Å²) >= 11 is 0. The summed E-state index contributed by atoms with van der Waals surface area (Å²) in [6, 6.07) is 0.0359. The summed E-state index contributed by atoms with van der Waals surface area (Å²) in [5.74, 6) is 0.520. The summed E-state index contributed by atoms with van der Waals surface area (Å²) in [4.78, 5) is 11.5. The average molecular weight is 222 g/mol. The fraction of sp³-hybridized carbons (Fsp3) is 0.615. The molecule has 0 aliphatic heterocycles. The molecule has 2 unspecified atom stereocenters. The summed E-state index contributed by atoms with van der Waals surface area (Å²) in [5, 5.41) is 5.78. The van der Waals surface area contributed by atoms with E-state index >= 15 is 0 Å². The average Bonchev–Trinajstić information content (AvgIpc) is 2.26. The summed E-state index contributed by atoms with van der Waals surface area (Å²) < 4.78 is 0. The van der Waals surface area contributed by atoms with Crippen LogP contribution in [-0.2, 0) is 0 Å². The molecule has 1 aliphatic carbocycles. The van der Waals surface area contributed by atoms with Gasteiger partial charge < -0.3 is 10.6 Å². The van der Waals surface area contributed by atoms with Gasteiger partial charge in [0, 0.05) is 12.6 Å². The fourth-order valence-electron chi connectivity index (χ4n) is 1.90. The molecule has 0 saturated carbocycles. The Morgan fingerprint density at radius 3 is 3.00 bits per heavy atom. The van der Waals surface area contributed by atoms with Crippen molar-refractivity contribution in [1.29, 1.82) is 0 Å². The van der Waals surface area contributed by atoms with Crippen molar-refractivity contribution in [2.45, 2.75) is 39.7 Å². The van der Waals surface area contributed by atoms with Crippen LogP contribution in [0.1, 0.15) is 33.6 Å². The third kappa shape index (κ3) is 3.72. The minimum Gasteiger partial charge on any atom is -0.338 e. The number of hydrogen-bond donors (Lipinski definition) is 2. The standard InChI is InChI=1S/C13H22N2O/c1-4-9-14-13(16)15-11(3)12-8-6-5-7-10(12)2/h5-6,8,10-11H,4,7,9H2,1-3H3,(H2,14,15,16). The molecule has 0 spiro atoms. The van der Waals surface area contributed by atoms with E-state index in [2.05, 4.69) is 35.8 Å². The van der Waals surface area contributed by atoms with Crippen molar-refractivity contribution in [3.8, 4) is 0 Å². The minimum atomic E-state index is -0.0722. The lowest BCUT2D eigenvalue weighted by Gasteiger charge is -2.24. The van der Waals surface area contributed by atoms with E-state index in [1.165, 1.54) is 5.57 Å². The molecule has 3 heteroatoms. The van der Waals surface area contributed by atoms with Crippen LogP contribution >= 0.6 is 0 Å². The van der Waals surface area contributed by atoms with Gasteiger partial charge in [-0.2, -0.15) is 0 Å². The van der Waals surface area contributed by atoms with Gasteiger partial charge >= 0.3 is 6.03 Å². The minimum absolute atomic E-state index is 0.0722. The maximum atomic E-state index is 11.5. The van der Waals surface area contributed by atoms with Crippen LogP contribution in [-0.4, -0.2) is 18.6 Å². The summed E-state index contributed by atoms with van der Waals surface area (Å²) in [5.41, 5.74) is 1.30. The van der Waals surface area contributed by atoms with Crippen molar-refractivity contribution in [2.75, 3.05) is 6.54 Å². The van der Waals surface area contributed by atoms with Gasteiger partial charge in [-0.15, -0.1) is 0 Å². The highest BCUT2D eigenvalue weighted by atomic mass is 16.2. The zero-order valence-electron chi connectivity index (χ0n) is 10.4. The molecule has 2 N–H and O–H groups in total. The van der Waals surface area contributed by atoms with E-state index in [1.807, 2.05) is 13.8 Å². The number of rotatable bonds is 4. The monoisotopic (exact) mass is 222 g/mol. The van der Waals surface area contributed by atoms with Crippen LogP contribution in [0.4, 0.5) is 4.79 Å². The maximum Gasteiger partial charge on any atom is 0.315 e. The quantitative estimate of drug-likeness (QED) is 0.754. The molecule has 2 atom stereocenters. The molecule has 1 aliphatic rings. The SMILES string of the molecule is CCCNC(=O)NC(C)C1=CC=CCC1C. The zero-order chi connectivity index (χ0) is 12.0. The van der Waals surface area contributed by atoms with E-state index in [1.54, 1.807) is 0 Å². The Kier molecular flexibility index (Phi) is 5.09. The normalized spacial score (nSPS) is 21.2. The van der Waals surface area contributed by atoms with Gasteiger partial charge in [0.2, 0.25) is 0 Å². The van der Waals surface area contributed by atoms with Crippen molar-refractivity contribution in [2.24, 2.45) is 5.92 Å². The van der Waals surface area contributed by atoms with Crippen LogP contribution < -0.4 is 10.6 Å². The first kappa shape index (κ1) is 12.8. The molecule has 0 bridgehead atoms. The molecule has 0 saturated heterocycles. The predicted octanol–water partition coefficient (Wildman–Crippen LogP) is 2.61. The molecule has 0 heterocycles. The van der Waals surface area contributed by atoms with Gasteiger partial charge in [0.15, 0.2) is 0 Å². The number of carbonyl (C=O) groups excluding carboxylic acids is 1. The van der Waals surface area contributed by atoms with Crippen LogP contribution in [0.3, 0.4) is 0 Å². The van der Waals surface area contributed by atoms with E-state index in [0.717, 1.165) is 19.4 Å². The first-order chi connectivity index (χ1) is 7.65. The molecule has 0 aromatic heterocycles. The molecule has 0 radical (unpaired) electrons. The van der Waals surface area contributed by atoms with Crippen molar-refractivity contribution in [3.05, 3.63) is 23.8 Å². The van der Waals surface area contributed by atoms with Gasteiger partial charge in [-0.1, -0.05) is 32.1 Å². The molecular formula is C13H22N2O. The number of amides is 2. The van der Waals surface area contributed by atoms with Crippen molar-refractivity contribution >= 4 is 6.03 Å². The Morgan fingerprint density at radius 2 is 2.38 bits per heavy atom. The van der Waals surface area contributed by atoms with Crippen LogP contribution in [0, 0.1) is 5.92 Å². The number of allylic oxidation sites excluding steroid dienone is 3. The molecule has 3 nitrogen and oxygen atoms in total. The highest BCUT2D eigenvalue weighted by Crippen LogP contribution is 2.22. The second-order valence-electron chi connectivity index (χ2n) is 4.35. The number of hydrogen-bond acceptors (Lipinski definition) is 1. The van der Waals surface area contributed by atoms with Crippen molar-refractivity contribution in [1.82, 2.24) is 10.6 Å². The third-order valence-corrected chi connectivity index (χ3v) is 2.87. The molecule has 16 heavy (non-hydrogen) atoms. The molecule has 2 amide bonds. The highest BCUT2D eigenvalue weighted by Gasteiger charge is 2.17. The Balaban J connectivity index is 2.45. The van der Waals surface area contributed by atoms with Gasteiger partial charge in [0.05, 0.1) is 0 Å². The third-order valence-electron chi connectivity index (χ3n) is 2.87. The Hall–Kier alpha value is -1.25. The highest BCUT2D eigenvalue weighted by molar-refractivity contribution is 5.74. The smallest absolute Gasteiger partial charge is 0.315 e. The van der Waals surface area contributed by atoms with E-state index in [9.17, 15) is 4.79 Å². The first-order valence-corrected chi connectivity index (χ1v) is 6.06. The molecule has 1 rings (SSSR count). The molecular weight excluding hydrogens is 200 g/mol. The Bertz CT molecular complexity index is 294. The predicted molar refractivity (Wildman–Crippen MR) is 67.3 cm³/mol. The second-order valence-corrected chi connectivity index (χ2v) is 4.35. The van der Waals surface area contributed by atoms with Gasteiger partial charge in [-0.05, 0) is 31.3 Å². The second kappa shape index (κ2) is 6.36. The number of nitrogens with one attached hydrogen (secondary N) is 2. The fourth-order valence-corrected chi connectivity index (χ4v) is 1.90. The molecule has 0 fully saturated rings. The van der Waals surface area contributed by atoms with Gasteiger partial charge in [-0.25, -0.2) is 4.79 Å². The Morgan fingerprint density at radius 1 is 1.62 bits per heavy atom. The van der Waals surface area contributed by atoms with E-state index in [0.29, 0.717) is 5.92 Å². The van der Waals surface area contributed by atoms with Gasteiger partial charge in [0.25, 0.3) is 0 Å². The lowest BCUT2D eigenvalue weighted by molar-refractivity contribution is 0.238. The van der Waals surface area contributed by atoms with E-state index in [4.69, 9.17) is 0 Å². The molecule has 90 valence electrons. The lowest BCUT2D eigenvalue weighted by Crippen LogP contribution is -2.42. The number of urea groups is 1. The van der Waals surface area contributed by atoms with Gasteiger partial charge in [-0.3, -0.25) is 0 Å². The Labute approximate surface area is 98.0 Å². The number of carbonyl (C=O) groups is 1. The van der Waals surface area contributed by atoms with Crippen LogP contribution in [0.25, 0.3) is 0 Å². The first-order valence-electron chi connectivity index (χ1n) is 6.06.